The lowest BCUT2D eigenvalue weighted by molar-refractivity contribution is -0.387. The second kappa shape index (κ2) is 7.17. The van der Waals surface area contributed by atoms with Gasteiger partial charge in [-0.25, -0.2) is 8.42 Å². The van der Waals surface area contributed by atoms with Crippen molar-refractivity contribution in [1.29, 1.82) is 0 Å². The molecule has 0 unspecified atom stereocenters. The van der Waals surface area contributed by atoms with E-state index >= 15 is 0 Å². The van der Waals surface area contributed by atoms with E-state index in [-0.39, 0.29) is 13.0 Å². The predicted molar refractivity (Wildman–Crippen MR) is 94.3 cm³/mol. The Morgan fingerprint density at radius 1 is 1.37 bits per heavy atom. The Balaban J connectivity index is 2.08. The number of para-hydroxylation sites is 1. The number of rotatable bonds is 5. The molecule has 0 aromatic heterocycles. The van der Waals surface area contributed by atoms with Crippen molar-refractivity contribution in [2.75, 3.05) is 6.61 Å². The third-order valence-electron chi connectivity index (χ3n) is 5.05. The first-order valence-corrected chi connectivity index (χ1v) is 10.2. The van der Waals surface area contributed by atoms with Crippen LogP contribution in [0.4, 0.5) is 5.69 Å². The predicted octanol–water partition coefficient (Wildman–Crippen LogP) is 2.21. The highest BCUT2D eigenvalue weighted by Gasteiger charge is 2.54. The van der Waals surface area contributed by atoms with Gasteiger partial charge < -0.3 is 9.47 Å². The van der Waals surface area contributed by atoms with Crippen LogP contribution in [0.15, 0.2) is 29.2 Å². The quantitative estimate of drug-likeness (QED) is 0.424. The van der Waals surface area contributed by atoms with Gasteiger partial charge in [-0.05, 0) is 32.3 Å². The summed E-state index contributed by atoms with van der Waals surface area (Å²) in [6.07, 6.45) is 0.710. The molecule has 2 heterocycles. The van der Waals surface area contributed by atoms with Crippen molar-refractivity contribution in [3.8, 4) is 0 Å². The first-order valence-electron chi connectivity index (χ1n) is 8.81. The first-order chi connectivity index (χ1) is 12.7. The van der Waals surface area contributed by atoms with Crippen LogP contribution in [0, 0.1) is 10.1 Å². The van der Waals surface area contributed by atoms with Crippen LogP contribution >= 0.6 is 0 Å². The molecule has 0 aliphatic carbocycles. The normalized spacial score (nSPS) is 29.5. The van der Waals surface area contributed by atoms with Gasteiger partial charge in [-0.1, -0.05) is 19.1 Å². The summed E-state index contributed by atoms with van der Waals surface area (Å²) in [6, 6.07) is 4.72. The van der Waals surface area contributed by atoms with Crippen molar-refractivity contribution in [3.05, 3.63) is 34.4 Å². The molecule has 0 N–H and O–H groups in total. The number of nitro benzene ring substituents is 1. The first kappa shape index (κ1) is 19.7. The summed E-state index contributed by atoms with van der Waals surface area (Å²) in [5.74, 6) is -0.407. The Hall–Kier alpha value is -2.04. The molecule has 2 saturated heterocycles. The number of carbonyl (C=O) groups excluding carboxylic acids is 1. The maximum absolute atomic E-state index is 13.4. The van der Waals surface area contributed by atoms with E-state index < -0.39 is 49.4 Å². The van der Waals surface area contributed by atoms with Crippen LogP contribution in [-0.2, 0) is 24.3 Å². The number of hydrogen-bond acceptors (Lipinski definition) is 7. The molecule has 0 amide bonds. The Morgan fingerprint density at radius 2 is 2.07 bits per heavy atom. The Labute approximate surface area is 157 Å². The molecule has 3 rings (SSSR count). The van der Waals surface area contributed by atoms with E-state index in [9.17, 15) is 23.3 Å². The molecule has 27 heavy (non-hydrogen) atoms. The highest BCUT2D eigenvalue weighted by Crippen LogP contribution is 2.40. The largest absolute Gasteiger partial charge is 0.455 e. The van der Waals surface area contributed by atoms with Gasteiger partial charge in [0.25, 0.3) is 15.7 Å². The molecular weight excluding hydrogens is 376 g/mol. The molecule has 10 heteroatoms. The molecule has 1 aromatic rings. The van der Waals surface area contributed by atoms with Crippen LogP contribution in [0.5, 0.6) is 0 Å². The zero-order chi connectivity index (χ0) is 19.8. The van der Waals surface area contributed by atoms with E-state index in [2.05, 4.69) is 0 Å². The Kier molecular flexibility index (Phi) is 5.24. The second-order valence-electron chi connectivity index (χ2n) is 6.95. The second-order valence-corrected chi connectivity index (χ2v) is 8.76. The van der Waals surface area contributed by atoms with Crippen molar-refractivity contribution in [2.24, 2.45) is 0 Å². The molecule has 2 fully saturated rings. The van der Waals surface area contributed by atoms with Gasteiger partial charge in [0.05, 0.1) is 17.6 Å². The Bertz CT molecular complexity index is 857. The Morgan fingerprint density at radius 3 is 2.70 bits per heavy atom. The number of nitrogens with zero attached hydrogens (tertiary/aromatic N) is 2. The summed E-state index contributed by atoms with van der Waals surface area (Å²) < 4.78 is 39.2. The number of sulfonamides is 1. The third-order valence-corrected chi connectivity index (χ3v) is 7.00. The van der Waals surface area contributed by atoms with Crippen LogP contribution in [0.3, 0.4) is 0 Å². The highest BCUT2D eigenvalue weighted by molar-refractivity contribution is 7.89. The molecule has 0 saturated carbocycles. The van der Waals surface area contributed by atoms with E-state index in [0.29, 0.717) is 19.3 Å². The standard InChI is InChI=1S/C17H22N2O7S/c1-3-12-11-25-16(17(2)10-6-9-15(20)26-17)18(12)27(23,24)14-8-5-4-7-13(14)19(21)22/h4-5,7-8,12,16H,3,6,9-11H2,1-2H3/t12-,16-,17-/m1/s1. The molecule has 2 aliphatic rings. The molecule has 2 aliphatic heterocycles. The maximum Gasteiger partial charge on any atom is 0.306 e. The van der Waals surface area contributed by atoms with Crippen molar-refractivity contribution >= 4 is 21.7 Å². The summed E-state index contributed by atoms with van der Waals surface area (Å²) >= 11 is 0. The van der Waals surface area contributed by atoms with Crippen molar-refractivity contribution in [2.45, 2.75) is 62.3 Å². The topological polar surface area (TPSA) is 116 Å². The number of cyclic esters (lactones) is 1. The third kappa shape index (κ3) is 3.44. The van der Waals surface area contributed by atoms with E-state index in [0.717, 1.165) is 10.4 Å². The number of hydrogen-bond donors (Lipinski definition) is 0. The van der Waals surface area contributed by atoms with Gasteiger partial charge in [-0.2, -0.15) is 4.31 Å². The minimum Gasteiger partial charge on any atom is -0.455 e. The molecule has 0 spiro atoms. The van der Waals surface area contributed by atoms with E-state index in [4.69, 9.17) is 9.47 Å². The number of carbonyl (C=O) groups is 1. The summed E-state index contributed by atoms with van der Waals surface area (Å²) in [7, 11) is -4.25. The van der Waals surface area contributed by atoms with Gasteiger partial charge in [0.1, 0.15) is 5.60 Å². The molecule has 9 nitrogen and oxygen atoms in total. The van der Waals surface area contributed by atoms with Gasteiger partial charge in [0, 0.05) is 12.5 Å². The zero-order valence-corrected chi connectivity index (χ0v) is 16.0. The summed E-state index contributed by atoms with van der Waals surface area (Å²) in [4.78, 5) is 22.1. The average molecular weight is 398 g/mol. The van der Waals surface area contributed by atoms with Gasteiger partial charge in [0.2, 0.25) is 0 Å². The lowest BCUT2D eigenvalue weighted by Crippen LogP contribution is -2.56. The SMILES string of the molecule is CC[C@@H]1CO[C@H]([C@@]2(C)CCCC(=O)O2)N1S(=O)(=O)c1ccccc1[N+](=O)[O-]. The average Bonchev–Trinajstić information content (AvgIpc) is 3.07. The molecule has 3 atom stereocenters. The van der Waals surface area contributed by atoms with Gasteiger partial charge in [-0.3, -0.25) is 14.9 Å². The summed E-state index contributed by atoms with van der Waals surface area (Å²) in [6.45, 7) is 3.59. The minimum atomic E-state index is -4.25. The fourth-order valence-electron chi connectivity index (χ4n) is 3.67. The minimum absolute atomic E-state index is 0.133. The van der Waals surface area contributed by atoms with Crippen LogP contribution in [0.25, 0.3) is 0 Å². The van der Waals surface area contributed by atoms with Crippen LogP contribution < -0.4 is 0 Å². The van der Waals surface area contributed by atoms with Gasteiger partial charge in [0.15, 0.2) is 11.1 Å². The summed E-state index contributed by atoms with van der Waals surface area (Å²) in [5.41, 5.74) is -1.64. The van der Waals surface area contributed by atoms with Gasteiger partial charge in [-0.15, -0.1) is 0 Å². The smallest absolute Gasteiger partial charge is 0.306 e. The fourth-order valence-corrected chi connectivity index (χ4v) is 5.69. The number of nitro groups is 1. The number of benzene rings is 1. The molecular formula is C17H22N2O7S. The molecule has 148 valence electrons. The van der Waals surface area contributed by atoms with Gasteiger partial charge >= 0.3 is 5.97 Å². The summed E-state index contributed by atoms with van der Waals surface area (Å²) in [5, 5.41) is 11.3. The zero-order valence-electron chi connectivity index (χ0n) is 15.2. The van der Waals surface area contributed by atoms with Crippen LogP contribution in [-0.4, -0.2) is 48.1 Å². The monoisotopic (exact) mass is 398 g/mol. The molecule has 0 radical (unpaired) electrons. The number of ether oxygens (including phenoxy) is 2. The van der Waals surface area contributed by atoms with Crippen LogP contribution in [0.1, 0.15) is 39.5 Å². The fraction of sp³-hybridized carbons (Fsp3) is 0.588. The number of esters is 1. The van der Waals surface area contributed by atoms with Crippen LogP contribution in [0.2, 0.25) is 0 Å². The van der Waals surface area contributed by atoms with E-state index in [1.165, 1.54) is 18.2 Å². The van der Waals surface area contributed by atoms with Crippen molar-refractivity contribution in [1.82, 2.24) is 4.31 Å². The maximum atomic E-state index is 13.4. The lowest BCUT2D eigenvalue weighted by atomic mass is 9.93. The van der Waals surface area contributed by atoms with E-state index in [1.54, 1.807) is 6.92 Å². The highest BCUT2D eigenvalue weighted by atomic mass is 32.2. The van der Waals surface area contributed by atoms with Crippen molar-refractivity contribution < 1.29 is 27.6 Å². The van der Waals surface area contributed by atoms with E-state index in [1.807, 2.05) is 6.92 Å². The lowest BCUT2D eigenvalue weighted by Gasteiger charge is -2.41. The molecule has 0 bridgehead atoms. The molecule has 1 aromatic carbocycles. The van der Waals surface area contributed by atoms with Crippen molar-refractivity contribution in [3.63, 3.8) is 0 Å².